The van der Waals surface area contributed by atoms with E-state index in [4.69, 9.17) is 4.74 Å². The summed E-state index contributed by atoms with van der Waals surface area (Å²) in [6.45, 7) is 4.40. The number of hydrogen-bond donors (Lipinski definition) is 0. The van der Waals surface area contributed by atoms with Crippen LogP contribution in [0.2, 0.25) is 0 Å². The van der Waals surface area contributed by atoms with Crippen molar-refractivity contribution in [2.24, 2.45) is 17.8 Å². The average Bonchev–Trinajstić information content (AvgIpc) is 3.12. The summed E-state index contributed by atoms with van der Waals surface area (Å²) in [7, 11) is 0. The van der Waals surface area contributed by atoms with Crippen LogP contribution in [0.4, 0.5) is 17.6 Å². The second kappa shape index (κ2) is 18.1. The van der Waals surface area contributed by atoms with Crippen molar-refractivity contribution in [3.63, 3.8) is 0 Å². The van der Waals surface area contributed by atoms with Gasteiger partial charge in [-0.05, 0) is 104 Å². The molecule has 0 saturated heterocycles. The van der Waals surface area contributed by atoms with Gasteiger partial charge in [-0.3, -0.25) is 0 Å². The van der Waals surface area contributed by atoms with Crippen molar-refractivity contribution < 1.29 is 22.3 Å². The van der Waals surface area contributed by atoms with Crippen LogP contribution >= 0.6 is 0 Å². The predicted octanol–water partition coefficient (Wildman–Crippen LogP) is 13.8. The zero-order valence-electron chi connectivity index (χ0n) is 29.0. The molecule has 2 saturated carbocycles. The monoisotopic (exact) mass is 662 g/mol. The Labute approximate surface area is 286 Å². The molecule has 0 aromatic heterocycles. The summed E-state index contributed by atoms with van der Waals surface area (Å²) in [5.41, 5.74) is 1.67. The molecule has 3 aromatic rings. The van der Waals surface area contributed by atoms with E-state index in [-0.39, 0.29) is 29.4 Å². The van der Waals surface area contributed by atoms with Gasteiger partial charge in [0.25, 0.3) is 0 Å². The Morgan fingerprint density at radius 1 is 0.625 bits per heavy atom. The highest BCUT2D eigenvalue weighted by Gasteiger charge is 2.32. The second-order valence-corrected chi connectivity index (χ2v) is 14.3. The van der Waals surface area contributed by atoms with Crippen molar-refractivity contribution in [3.8, 4) is 28.0 Å². The minimum atomic E-state index is -1.04. The number of benzene rings is 3. The maximum atomic E-state index is 15.5. The van der Waals surface area contributed by atoms with Crippen LogP contribution in [0.3, 0.4) is 0 Å². The Kier molecular flexibility index (Phi) is 13.6. The number of halogens is 4. The molecule has 0 heterocycles. The summed E-state index contributed by atoms with van der Waals surface area (Å²) in [6, 6.07) is 12.8. The number of hydrogen-bond acceptors (Lipinski definition) is 1. The highest BCUT2D eigenvalue weighted by atomic mass is 19.2. The van der Waals surface area contributed by atoms with Crippen molar-refractivity contribution in [2.75, 3.05) is 6.61 Å². The molecule has 1 nitrogen and oxygen atoms in total. The minimum Gasteiger partial charge on any atom is -0.490 e. The zero-order chi connectivity index (χ0) is 33.9. The van der Waals surface area contributed by atoms with Gasteiger partial charge in [-0.2, -0.15) is 4.39 Å². The summed E-state index contributed by atoms with van der Waals surface area (Å²) < 4.78 is 66.0. The lowest BCUT2D eigenvalue weighted by Gasteiger charge is -2.38. The van der Waals surface area contributed by atoms with E-state index in [1.54, 1.807) is 36.4 Å². The molecule has 2 fully saturated rings. The molecule has 0 unspecified atom stereocenters. The van der Waals surface area contributed by atoms with E-state index in [0.717, 1.165) is 37.5 Å². The summed E-state index contributed by atoms with van der Waals surface area (Å²) >= 11 is 0. The summed E-state index contributed by atoms with van der Waals surface area (Å²) in [6.07, 6.45) is 23.4. The summed E-state index contributed by atoms with van der Waals surface area (Å²) in [5.74, 6) is -1.32. The molecule has 0 N–H and O–H groups in total. The third-order valence-corrected chi connectivity index (χ3v) is 11.2. The molecular weight excluding hydrogens is 608 g/mol. The van der Waals surface area contributed by atoms with Crippen molar-refractivity contribution in [1.82, 2.24) is 0 Å². The summed E-state index contributed by atoms with van der Waals surface area (Å²) in [4.78, 5) is 0. The van der Waals surface area contributed by atoms with Gasteiger partial charge >= 0.3 is 0 Å². The van der Waals surface area contributed by atoms with Gasteiger partial charge in [0.15, 0.2) is 23.2 Å². The van der Waals surface area contributed by atoms with Gasteiger partial charge in [0, 0.05) is 11.1 Å². The molecule has 0 aliphatic heterocycles. The number of ether oxygens (including phenoxy) is 1. The van der Waals surface area contributed by atoms with E-state index in [0.29, 0.717) is 29.0 Å². The van der Waals surface area contributed by atoms with Crippen LogP contribution in [0.1, 0.15) is 128 Å². The van der Waals surface area contributed by atoms with Gasteiger partial charge < -0.3 is 4.74 Å². The number of allylic oxidation sites excluding steroid dienone is 1. The first-order chi connectivity index (χ1) is 23.4. The molecular formula is C43H54F4O. The maximum Gasteiger partial charge on any atom is 0.201 e. The summed E-state index contributed by atoms with van der Waals surface area (Å²) in [5, 5.41) is 0. The van der Waals surface area contributed by atoms with Crippen molar-refractivity contribution in [1.29, 1.82) is 0 Å². The lowest BCUT2D eigenvalue weighted by molar-refractivity contribution is 0.155. The smallest absolute Gasteiger partial charge is 0.201 e. The van der Waals surface area contributed by atoms with Gasteiger partial charge in [0.1, 0.15) is 0 Å². The SMILES string of the molecule is CC=CCCOc1ccc(-c2ccc(-c3ccc(C4CCC(C5CCC(CCCCCCCC)CC5)CC4)c(F)c3F)cc2)c(F)c1F. The van der Waals surface area contributed by atoms with E-state index in [1.807, 2.05) is 19.1 Å². The van der Waals surface area contributed by atoms with Crippen LogP contribution in [-0.4, -0.2) is 6.61 Å². The molecule has 5 heteroatoms. The molecule has 260 valence electrons. The molecule has 3 aromatic carbocycles. The first-order valence-corrected chi connectivity index (χ1v) is 18.7. The molecule has 0 atom stereocenters. The van der Waals surface area contributed by atoms with Crippen molar-refractivity contribution in [2.45, 2.75) is 122 Å². The lowest BCUT2D eigenvalue weighted by atomic mass is 9.68. The predicted molar refractivity (Wildman–Crippen MR) is 190 cm³/mol. The first-order valence-electron chi connectivity index (χ1n) is 18.7. The maximum absolute atomic E-state index is 15.5. The van der Waals surface area contributed by atoms with Crippen LogP contribution in [0.5, 0.6) is 5.75 Å². The second-order valence-electron chi connectivity index (χ2n) is 14.3. The average molecular weight is 663 g/mol. The van der Waals surface area contributed by atoms with E-state index in [1.165, 1.54) is 82.8 Å². The standard InChI is InChI=1S/C43H54F4O/c1-3-5-7-8-9-10-12-30-13-15-31(16-14-30)32-17-19-33(20-18-32)36-25-26-37(41(45)40(36)44)34-21-23-35(24-22-34)38-27-28-39(43(47)42(38)46)48-29-11-6-4-2/h4,6,21-28,30-33H,3,5,7-20,29H2,1-2H3. The van der Waals surface area contributed by atoms with Gasteiger partial charge in [0.2, 0.25) is 5.82 Å². The van der Waals surface area contributed by atoms with Crippen LogP contribution in [0.15, 0.2) is 60.7 Å². The minimum absolute atomic E-state index is 0.0455. The van der Waals surface area contributed by atoms with Gasteiger partial charge in [-0.25, -0.2) is 13.2 Å². The van der Waals surface area contributed by atoms with Crippen LogP contribution in [0.25, 0.3) is 22.3 Å². The fourth-order valence-corrected chi connectivity index (χ4v) is 8.27. The third kappa shape index (κ3) is 9.12. The quantitative estimate of drug-likeness (QED) is 0.0894. The molecule has 0 radical (unpaired) electrons. The highest BCUT2D eigenvalue weighted by Crippen LogP contribution is 2.45. The van der Waals surface area contributed by atoms with E-state index in [9.17, 15) is 8.78 Å². The molecule has 5 rings (SSSR count). The van der Waals surface area contributed by atoms with E-state index >= 15 is 8.78 Å². The van der Waals surface area contributed by atoms with E-state index < -0.39 is 23.3 Å². The topological polar surface area (TPSA) is 9.23 Å². The first kappa shape index (κ1) is 36.2. The molecule has 2 aliphatic rings. The third-order valence-electron chi connectivity index (χ3n) is 11.2. The van der Waals surface area contributed by atoms with E-state index in [2.05, 4.69) is 6.92 Å². The Bertz CT molecular complexity index is 1460. The lowest BCUT2D eigenvalue weighted by Crippen LogP contribution is -2.25. The fourth-order valence-electron chi connectivity index (χ4n) is 8.27. The van der Waals surface area contributed by atoms with Crippen LogP contribution in [0, 0.1) is 41.0 Å². The zero-order valence-corrected chi connectivity index (χ0v) is 29.0. The van der Waals surface area contributed by atoms with Gasteiger partial charge in [-0.1, -0.05) is 113 Å². The highest BCUT2D eigenvalue weighted by molar-refractivity contribution is 5.72. The fraction of sp³-hybridized carbons (Fsp3) is 0.535. The number of rotatable bonds is 15. The van der Waals surface area contributed by atoms with Crippen LogP contribution in [-0.2, 0) is 0 Å². The molecule has 2 aliphatic carbocycles. The normalized spacial score (nSPS) is 21.5. The Balaban J connectivity index is 1.14. The Morgan fingerprint density at radius 2 is 1.19 bits per heavy atom. The molecule has 0 amide bonds. The molecule has 0 spiro atoms. The Morgan fingerprint density at radius 3 is 1.81 bits per heavy atom. The Hall–Kier alpha value is -3.08. The van der Waals surface area contributed by atoms with Crippen LogP contribution < -0.4 is 4.74 Å². The number of unbranched alkanes of at least 4 members (excludes halogenated alkanes) is 5. The van der Waals surface area contributed by atoms with Gasteiger partial charge in [-0.15, -0.1) is 0 Å². The largest absolute Gasteiger partial charge is 0.490 e. The van der Waals surface area contributed by atoms with Gasteiger partial charge in [0.05, 0.1) is 6.61 Å². The molecule has 48 heavy (non-hydrogen) atoms. The van der Waals surface area contributed by atoms with Crippen molar-refractivity contribution in [3.05, 3.63) is 89.5 Å². The molecule has 0 bridgehead atoms. The van der Waals surface area contributed by atoms with Crippen molar-refractivity contribution >= 4 is 0 Å².